The van der Waals surface area contributed by atoms with Gasteiger partial charge in [-0.2, -0.15) is 4.31 Å². The van der Waals surface area contributed by atoms with Crippen molar-refractivity contribution in [3.05, 3.63) is 53.5 Å². The highest BCUT2D eigenvalue weighted by Crippen LogP contribution is 2.32. The maximum Gasteiger partial charge on any atom is 0.256 e. The Labute approximate surface area is 140 Å². The number of fused-ring (bicyclic) bond motifs is 1. The van der Waals surface area contributed by atoms with Crippen molar-refractivity contribution in [2.24, 2.45) is 0 Å². The summed E-state index contributed by atoms with van der Waals surface area (Å²) in [5.74, 6) is 0.859. The molecule has 0 radical (unpaired) electrons. The zero-order valence-corrected chi connectivity index (χ0v) is 14.3. The summed E-state index contributed by atoms with van der Waals surface area (Å²) in [7, 11) is -3.28. The number of carbonyl (C=O) groups excluding carboxylic acids is 1. The number of amides is 1. The lowest BCUT2D eigenvalue weighted by Crippen LogP contribution is -2.28. The molecule has 0 unspecified atom stereocenters. The Morgan fingerprint density at radius 3 is 2.67 bits per heavy atom. The molecule has 1 amide bonds. The number of furan rings is 1. The fraction of sp³-hybridized carbons (Fsp3) is 0.235. The molecule has 0 saturated carbocycles. The molecule has 1 aromatic heterocycles. The van der Waals surface area contributed by atoms with Crippen molar-refractivity contribution >= 4 is 33.3 Å². The molecule has 1 aliphatic heterocycles. The summed E-state index contributed by atoms with van der Waals surface area (Å²) in [6, 6.07) is 10.9. The van der Waals surface area contributed by atoms with E-state index in [1.807, 2.05) is 24.3 Å². The second-order valence-electron chi connectivity index (χ2n) is 5.55. The molecule has 3 rings (SSSR count). The highest BCUT2D eigenvalue weighted by atomic mass is 32.2. The van der Waals surface area contributed by atoms with Crippen molar-refractivity contribution in [2.75, 3.05) is 18.1 Å². The number of rotatable bonds is 5. The van der Waals surface area contributed by atoms with Crippen molar-refractivity contribution < 1.29 is 17.6 Å². The molecule has 6 nitrogen and oxygen atoms in total. The van der Waals surface area contributed by atoms with Gasteiger partial charge in [0, 0.05) is 17.8 Å². The Morgan fingerprint density at radius 1 is 1.21 bits per heavy atom. The van der Waals surface area contributed by atoms with Crippen LogP contribution in [0, 0.1) is 0 Å². The standard InChI is InChI=1S/C17H18N2O4S/c1-3-19(24(2,21)22)11-13-9-8-12(23-13)10-15-14-6-4-5-7-16(14)18-17(15)20/h4-10H,3,11H2,1-2H3,(H,18,20)/b15-10+. The minimum atomic E-state index is -3.28. The first kappa shape index (κ1) is 16.5. The minimum absolute atomic E-state index is 0.168. The largest absolute Gasteiger partial charge is 0.460 e. The summed E-state index contributed by atoms with van der Waals surface area (Å²) in [5, 5.41) is 2.80. The molecule has 1 N–H and O–H groups in total. The van der Waals surface area contributed by atoms with Gasteiger partial charge in [0.1, 0.15) is 11.5 Å². The third-order valence-electron chi connectivity index (χ3n) is 3.83. The topological polar surface area (TPSA) is 79.6 Å². The molecule has 0 aliphatic carbocycles. The van der Waals surface area contributed by atoms with Crippen LogP contribution in [0.1, 0.15) is 24.0 Å². The molecule has 0 bridgehead atoms. The Bertz CT molecular complexity index is 912. The number of carbonyl (C=O) groups is 1. The van der Waals surface area contributed by atoms with Gasteiger partial charge in [0.2, 0.25) is 10.0 Å². The molecule has 0 atom stereocenters. The third-order valence-corrected chi connectivity index (χ3v) is 5.16. The van der Waals surface area contributed by atoms with Gasteiger partial charge in [-0.25, -0.2) is 8.42 Å². The van der Waals surface area contributed by atoms with Crippen LogP contribution in [-0.4, -0.2) is 31.4 Å². The highest BCUT2D eigenvalue weighted by Gasteiger charge is 2.24. The molecular weight excluding hydrogens is 328 g/mol. The number of nitrogens with zero attached hydrogens (tertiary/aromatic N) is 1. The minimum Gasteiger partial charge on any atom is -0.460 e. The molecular formula is C17H18N2O4S. The number of hydrogen-bond acceptors (Lipinski definition) is 4. The van der Waals surface area contributed by atoms with Gasteiger partial charge in [-0.15, -0.1) is 0 Å². The fourth-order valence-electron chi connectivity index (χ4n) is 2.62. The second-order valence-corrected chi connectivity index (χ2v) is 7.53. The van der Waals surface area contributed by atoms with Crippen LogP contribution in [0.4, 0.5) is 5.69 Å². The summed E-state index contributed by atoms with van der Waals surface area (Å²) in [6.07, 6.45) is 2.84. The SMILES string of the molecule is CCN(Cc1ccc(/C=C2/C(=O)Nc3ccccc32)o1)S(C)(=O)=O. The van der Waals surface area contributed by atoms with E-state index in [1.54, 1.807) is 25.1 Å². The average Bonchev–Trinajstić information content (AvgIpc) is 3.09. The van der Waals surface area contributed by atoms with Gasteiger partial charge in [-0.1, -0.05) is 25.1 Å². The Kier molecular flexibility index (Phi) is 4.29. The molecule has 0 spiro atoms. The number of nitrogens with one attached hydrogen (secondary N) is 1. The molecule has 24 heavy (non-hydrogen) atoms. The second kappa shape index (κ2) is 6.26. The molecule has 1 aromatic carbocycles. The van der Waals surface area contributed by atoms with E-state index in [0.717, 1.165) is 11.3 Å². The maximum absolute atomic E-state index is 12.1. The van der Waals surface area contributed by atoms with Crippen LogP contribution in [0.2, 0.25) is 0 Å². The average molecular weight is 346 g/mol. The summed E-state index contributed by atoms with van der Waals surface area (Å²) >= 11 is 0. The van der Waals surface area contributed by atoms with Gasteiger partial charge < -0.3 is 9.73 Å². The lowest BCUT2D eigenvalue weighted by atomic mass is 10.1. The van der Waals surface area contributed by atoms with Crippen LogP contribution in [0.25, 0.3) is 11.6 Å². The van der Waals surface area contributed by atoms with E-state index in [2.05, 4.69) is 5.32 Å². The normalized spacial score (nSPS) is 15.8. The van der Waals surface area contributed by atoms with Gasteiger partial charge in [0.25, 0.3) is 5.91 Å². The molecule has 126 valence electrons. The van der Waals surface area contributed by atoms with E-state index in [9.17, 15) is 13.2 Å². The van der Waals surface area contributed by atoms with E-state index in [-0.39, 0.29) is 12.5 Å². The summed E-state index contributed by atoms with van der Waals surface area (Å²) in [4.78, 5) is 12.1. The van der Waals surface area contributed by atoms with Gasteiger partial charge in [-0.05, 0) is 24.3 Å². The lowest BCUT2D eigenvalue weighted by molar-refractivity contribution is -0.110. The van der Waals surface area contributed by atoms with Crippen LogP contribution < -0.4 is 5.32 Å². The fourth-order valence-corrected chi connectivity index (χ4v) is 3.45. The van der Waals surface area contributed by atoms with E-state index in [4.69, 9.17) is 4.42 Å². The van der Waals surface area contributed by atoms with Gasteiger partial charge in [-0.3, -0.25) is 4.79 Å². The Balaban J connectivity index is 1.86. The van der Waals surface area contributed by atoms with Crippen LogP contribution in [0.5, 0.6) is 0 Å². The monoisotopic (exact) mass is 346 g/mol. The molecule has 1 aliphatic rings. The Morgan fingerprint density at radius 2 is 1.96 bits per heavy atom. The van der Waals surface area contributed by atoms with Crippen LogP contribution in [-0.2, 0) is 21.4 Å². The predicted octanol–water partition coefficient (Wildman–Crippen LogP) is 2.55. The first-order valence-corrected chi connectivity index (χ1v) is 9.39. The zero-order valence-electron chi connectivity index (χ0n) is 13.4. The van der Waals surface area contributed by atoms with Crippen molar-refractivity contribution in [1.82, 2.24) is 4.31 Å². The van der Waals surface area contributed by atoms with Gasteiger partial charge in [0.15, 0.2) is 0 Å². The molecule has 2 heterocycles. The number of sulfonamides is 1. The molecule has 2 aromatic rings. The van der Waals surface area contributed by atoms with E-state index < -0.39 is 10.0 Å². The highest BCUT2D eigenvalue weighted by molar-refractivity contribution is 7.88. The Hall–Kier alpha value is -2.38. The lowest BCUT2D eigenvalue weighted by Gasteiger charge is -2.15. The molecule has 0 saturated heterocycles. The van der Waals surface area contributed by atoms with Gasteiger partial charge >= 0.3 is 0 Å². The van der Waals surface area contributed by atoms with Crippen LogP contribution >= 0.6 is 0 Å². The third kappa shape index (κ3) is 3.27. The number of benzene rings is 1. The summed E-state index contributed by atoms with van der Waals surface area (Å²) in [5.41, 5.74) is 2.13. The van der Waals surface area contributed by atoms with Crippen LogP contribution in [0.15, 0.2) is 40.8 Å². The number of hydrogen-bond donors (Lipinski definition) is 1. The van der Waals surface area contributed by atoms with Crippen molar-refractivity contribution in [3.63, 3.8) is 0 Å². The van der Waals surface area contributed by atoms with Crippen molar-refractivity contribution in [3.8, 4) is 0 Å². The van der Waals surface area contributed by atoms with E-state index >= 15 is 0 Å². The number of para-hydroxylation sites is 1. The first-order valence-electron chi connectivity index (χ1n) is 7.55. The van der Waals surface area contributed by atoms with Crippen LogP contribution in [0.3, 0.4) is 0 Å². The molecule has 7 heteroatoms. The smallest absolute Gasteiger partial charge is 0.256 e. The summed E-state index contributed by atoms with van der Waals surface area (Å²) < 4.78 is 30.3. The first-order chi connectivity index (χ1) is 11.4. The number of anilines is 1. The van der Waals surface area contributed by atoms with Crippen molar-refractivity contribution in [1.29, 1.82) is 0 Å². The quantitative estimate of drug-likeness (QED) is 0.844. The van der Waals surface area contributed by atoms with Gasteiger partial charge in [0.05, 0.1) is 18.4 Å². The predicted molar refractivity (Wildman–Crippen MR) is 92.6 cm³/mol. The van der Waals surface area contributed by atoms with E-state index in [1.165, 1.54) is 10.6 Å². The zero-order chi connectivity index (χ0) is 17.3. The maximum atomic E-state index is 12.1. The van der Waals surface area contributed by atoms with E-state index in [0.29, 0.717) is 23.6 Å². The van der Waals surface area contributed by atoms with Crippen molar-refractivity contribution in [2.45, 2.75) is 13.5 Å². The molecule has 0 fully saturated rings. The summed E-state index contributed by atoms with van der Waals surface area (Å²) in [6.45, 7) is 2.31.